The van der Waals surface area contributed by atoms with Gasteiger partial charge < -0.3 is 15.4 Å². The molecule has 0 spiro atoms. The largest absolute Gasteiger partial charge is 0.373 e. The van der Waals surface area contributed by atoms with Gasteiger partial charge in [-0.05, 0) is 45.4 Å². The van der Waals surface area contributed by atoms with Crippen molar-refractivity contribution in [3.63, 3.8) is 0 Å². The Morgan fingerprint density at radius 1 is 1.25 bits per heavy atom. The number of halogens is 2. The lowest BCUT2D eigenvalue weighted by Gasteiger charge is -2.34. The summed E-state index contributed by atoms with van der Waals surface area (Å²) >= 11 is 1.53. The molecule has 3 saturated heterocycles. The minimum atomic E-state index is 0. The van der Waals surface area contributed by atoms with E-state index < -0.39 is 0 Å². The highest BCUT2D eigenvalue weighted by molar-refractivity contribution is 7.13. The van der Waals surface area contributed by atoms with Gasteiger partial charge in [0.25, 0.3) is 0 Å². The maximum absolute atomic E-state index is 12.4. The van der Waals surface area contributed by atoms with Gasteiger partial charge in [-0.15, -0.1) is 36.2 Å². The summed E-state index contributed by atoms with van der Waals surface area (Å²) in [6, 6.07) is 1.27. The SMILES string of the molecule is CC1CN(Cc2csc(NC(=O)CC3CC4CCC(C3)N4)n2)CC(C)O1.Cl.Cl. The molecule has 3 aliphatic heterocycles. The Balaban J connectivity index is 0.00000140. The predicted octanol–water partition coefficient (Wildman–Crippen LogP) is 3.46. The molecular formula is C19H32Cl2N4O2S. The van der Waals surface area contributed by atoms with Crippen LogP contribution in [-0.2, 0) is 16.1 Å². The number of morpholine rings is 1. The van der Waals surface area contributed by atoms with Gasteiger partial charge in [-0.25, -0.2) is 4.98 Å². The standard InChI is InChI=1S/C19H30N4O2S.2ClH/c1-12-8-23(9-13(2)25-12)10-17-11-26-19(21-17)22-18(24)7-14-5-15-3-4-16(6-14)20-15;;/h11-16,20H,3-10H2,1-2H3,(H,21,22,24);2*1H. The molecule has 1 amide bonds. The summed E-state index contributed by atoms with van der Waals surface area (Å²) in [5.41, 5.74) is 1.03. The number of carbonyl (C=O) groups excluding carboxylic acids is 1. The lowest BCUT2D eigenvalue weighted by Crippen LogP contribution is -2.44. The van der Waals surface area contributed by atoms with Crippen molar-refractivity contribution < 1.29 is 9.53 Å². The molecule has 6 nitrogen and oxygen atoms in total. The first-order valence-electron chi connectivity index (χ1n) is 9.91. The number of aromatic nitrogens is 1. The van der Waals surface area contributed by atoms with Crippen LogP contribution in [0.4, 0.5) is 5.13 Å². The van der Waals surface area contributed by atoms with Crippen LogP contribution in [0.3, 0.4) is 0 Å². The fraction of sp³-hybridized carbons (Fsp3) is 0.789. The van der Waals surface area contributed by atoms with Crippen LogP contribution in [0.25, 0.3) is 0 Å². The number of piperidine rings is 1. The Bertz CT molecular complexity index is 625. The van der Waals surface area contributed by atoms with E-state index in [4.69, 9.17) is 4.74 Å². The van der Waals surface area contributed by atoms with Crippen LogP contribution in [-0.4, -0.2) is 53.2 Å². The van der Waals surface area contributed by atoms with E-state index in [2.05, 4.69) is 39.7 Å². The number of nitrogens with one attached hydrogen (secondary N) is 2. The van der Waals surface area contributed by atoms with Crippen molar-refractivity contribution in [3.8, 4) is 0 Å². The lowest BCUT2D eigenvalue weighted by atomic mass is 9.89. The number of amides is 1. The number of anilines is 1. The number of hydrogen-bond acceptors (Lipinski definition) is 6. The summed E-state index contributed by atoms with van der Waals surface area (Å²) < 4.78 is 5.78. The van der Waals surface area contributed by atoms with Crippen molar-refractivity contribution in [1.29, 1.82) is 0 Å². The maximum atomic E-state index is 12.4. The van der Waals surface area contributed by atoms with Crippen LogP contribution in [0.5, 0.6) is 0 Å². The van der Waals surface area contributed by atoms with Crippen LogP contribution >= 0.6 is 36.2 Å². The molecule has 0 radical (unpaired) electrons. The van der Waals surface area contributed by atoms with Gasteiger partial charge in [0.2, 0.25) is 5.91 Å². The van der Waals surface area contributed by atoms with Gasteiger partial charge in [-0.2, -0.15) is 0 Å². The van der Waals surface area contributed by atoms with Gasteiger partial charge in [-0.3, -0.25) is 9.69 Å². The molecule has 4 heterocycles. The highest BCUT2D eigenvalue weighted by Gasteiger charge is 2.34. The van der Waals surface area contributed by atoms with Crippen LogP contribution < -0.4 is 10.6 Å². The molecule has 160 valence electrons. The Labute approximate surface area is 184 Å². The van der Waals surface area contributed by atoms with Crippen LogP contribution in [0.15, 0.2) is 5.38 Å². The van der Waals surface area contributed by atoms with E-state index in [9.17, 15) is 4.79 Å². The Morgan fingerprint density at radius 3 is 2.54 bits per heavy atom. The van der Waals surface area contributed by atoms with Crippen LogP contribution in [0.2, 0.25) is 0 Å². The molecule has 4 atom stereocenters. The van der Waals surface area contributed by atoms with E-state index in [1.165, 1.54) is 24.2 Å². The second-order valence-corrected chi connectivity index (χ2v) is 9.18. The maximum Gasteiger partial charge on any atom is 0.226 e. The molecule has 28 heavy (non-hydrogen) atoms. The zero-order valence-electron chi connectivity index (χ0n) is 16.6. The van der Waals surface area contributed by atoms with Gasteiger partial charge in [0, 0.05) is 43.5 Å². The molecule has 4 rings (SSSR count). The highest BCUT2D eigenvalue weighted by atomic mass is 35.5. The summed E-state index contributed by atoms with van der Waals surface area (Å²) in [6.45, 7) is 6.91. The normalized spacial score (nSPS) is 32.3. The van der Waals surface area contributed by atoms with E-state index in [-0.39, 0.29) is 42.9 Å². The molecule has 1 aromatic heterocycles. The van der Waals surface area contributed by atoms with E-state index in [1.807, 2.05) is 0 Å². The minimum absolute atomic E-state index is 0. The number of hydrogen-bond donors (Lipinski definition) is 2. The molecule has 3 aliphatic rings. The Hall–Kier alpha value is -0.440. The van der Waals surface area contributed by atoms with E-state index in [0.717, 1.165) is 43.3 Å². The molecule has 0 saturated carbocycles. The van der Waals surface area contributed by atoms with Crippen molar-refractivity contribution in [1.82, 2.24) is 15.2 Å². The number of nitrogens with zero attached hydrogens (tertiary/aromatic N) is 2. The molecule has 9 heteroatoms. The zero-order valence-corrected chi connectivity index (χ0v) is 19.0. The van der Waals surface area contributed by atoms with Crippen molar-refractivity contribution in [2.75, 3.05) is 18.4 Å². The van der Waals surface area contributed by atoms with Crippen molar-refractivity contribution in [2.45, 2.75) is 76.8 Å². The molecule has 3 fully saturated rings. The predicted molar refractivity (Wildman–Crippen MR) is 118 cm³/mol. The van der Waals surface area contributed by atoms with Crippen molar-refractivity contribution >= 4 is 47.2 Å². The summed E-state index contributed by atoms with van der Waals surface area (Å²) in [4.78, 5) is 19.4. The van der Waals surface area contributed by atoms with Crippen LogP contribution in [0.1, 0.15) is 51.6 Å². The van der Waals surface area contributed by atoms with E-state index >= 15 is 0 Å². The number of ether oxygens (including phenoxy) is 1. The first-order valence-corrected chi connectivity index (χ1v) is 10.8. The highest BCUT2D eigenvalue weighted by Crippen LogP contribution is 2.33. The average molecular weight is 451 g/mol. The van der Waals surface area contributed by atoms with Crippen LogP contribution in [0, 0.1) is 5.92 Å². The molecule has 0 aromatic carbocycles. The summed E-state index contributed by atoms with van der Waals surface area (Å²) in [5.74, 6) is 0.635. The first kappa shape index (κ1) is 23.8. The topological polar surface area (TPSA) is 66.5 Å². The quantitative estimate of drug-likeness (QED) is 0.718. The van der Waals surface area contributed by atoms with Gasteiger partial charge in [0.05, 0.1) is 17.9 Å². The number of carbonyl (C=O) groups is 1. The molecule has 1 aromatic rings. The molecule has 2 bridgehead atoms. The molecule has 4 unspecified atom stereocenters. The zero-order chi connectivity index (χ0) is 18.1. The Kier molecular flexibility index (Phi) is 8.98. The summed E-state index contributed by atoms with van der Waals surface area (Å²) in [5, 5.41) is 9.45. The molecular weight excluding hydrogens is 419 g/mol. The van der Waals surface area contributed by atoms with Gasteiger partial charge >= 0.3 is 0 Å². The van der Waals surface area contributed by atoms with Gasteiger partial charge in [0.15, 0.2) is 5.13 Å². The number of thiazole rings is 1. The molecule has 2 N–H and O–H groups in total. The first-order chi connectivity index (χ1) is 12.5. The monoisotopic (exact) mass is 450 g/mol. The lowest BCUT2D eigenvalue weighted by molar-refractivity contribution is -0.117. The van der Waals surface area contributed by atoms with E-state index in [1.54, 1.807) is 0 Å². The second-order valence-electron chi connectivity index (χ2n) is 8.32. The summed E-state index contributed by atoms with van der Waals surface area (Å²) in [7, 11) is 0. The fourth-order valence-corrected chi connectivity index (χ4v) is 5.57. The average Bonchev–Trinajstić information content (AvgIpc) is 3.12. The second kappa shape index (κ2) is 10.5. The smallest absolute Gasteiger partial charge is 0.226 e. The molecule has 0 aliphatic carbocycles. The number of rotatable bonds is 5. The summed E-state index contributed by atoms with van der Waals surface area (Å²) in [6.07, 6.45) is 5.98. The fourth-order valence-electron chi connectivity index (χ4n) is 4.85. The van der Waals surface area contributed by atoms with Crippen molar-refractivity contribution in [2.24, 2.45) is 5.92 Å². The van der Waals surface area contributed by atoms with Gasteiger partial charge in [-0.1, -0.05) is 0 Å². The minimum Gasteiger partial charge on any atom is -0.373 e. The van der Waals surface area contributed by atoms with E-state index in [0.29, 0.717) is 24.4 Å². The Morgan fingerprint density at radius 2 is 1.89 bits per heavy atom. The van der Waals surface area contributed by atoms with Crippen molar-refractivity contribution in [3.05, 3.63) is 11.1 Å². The number of fused-ring (bicyclic) bond motifs is 2. The third-order valence-electron chi connectivity index (χ3n) is 5.72. The van der Waals surface area contributed by atoms with Gasteiger partial charge in [0.1, 0.15) is 0 Å². The third-order valence-corrected chi connectivity index (χ3v) is 6.53. The third kappa shape index (κ3) is 6.28.